The monoisotopic (exact) mass is 241 g/mol. The number of hydrazone groups is 1. The zero-order valence-electron chi connectivity index (χ0n) is 9.77. The molecule has 0 aromatic heterocycles. The third-order valence-corrected chi connectivity index (χ3v) is 2.11. The van der Waals surface area contributed by atoms with Gasteiger partial charge in [0.2, 0.25) is 11.6 Å². The van der Waals surface area contributed by atoms with Crippen LogP contribution in [-0.2, 0) is 11.2 Å². The van der Waals surface area contributed by atoms with Crippen molar-refractivity contribution in [1.29, 1.82) is 10.5 Å². The number of rotatable bonds is 4. The molecule has 0 radical (unpaired) electrons. The topological polar surface area (TPSA) is 101 Å². The third-order valence-electron chi connectivity index (χ3n) is 2.11. The Morgan fingerprint density at radius 3 is 2.39 bits per heavy atom. The minimum absolute atomic E-state index is 0.0648. The summed E-state index contributed by atoms with van der Waals surface area (Å²) >= 11 is 0. The molecule has 0 spiro atoms. The zero-order chi connectivity index (χ0) is 13.4. The van der Waals surface area contributed by atoms with E-state index in [0.29, 0.717) is 12.1 Å². The number of amides is 1. The predicted octanol–water partition coefficient (Wildman–Crippen LogP) is 0.790. The summed E-state index contributed by atoms with van der Waals surface area (Å²) in [7, 11) is 1.58. The van der Waals surface area contributed by atoms with Crippen molar-refractivity contribution in [3.63, 3.8) is 0 Å². The molecule has 0 aliphatic carbocycles. The lowest BCUT2D eigenvalue weighted by molar-refractivity contribution is -0.119. The van der Waals surface area contributed by atoms with E-state index in [1.807, 2.05) is 0 Å². The summed E-state index contributed by atoms with van der Waals surface area (Å²) in [5, 5.41) is 23.1. The van der Waals surface area contributed by atoms with Crippen LogP contribution in [0.2, 0.25) is 0 Å². The van der Waals surface area contributed by atoms with Crippen LogP contribution in [0.1, 0.15) is 5.56 Å². The molecule has 0 aliphatic rings. The van der Waals surface area contributed by atoms with Crippen LogP contribution in [0.3, 0.4) is 0 Å². The van der Waals surface area contributed by atoms with E-state index in [-0.39, 0.29) is 11.6 Å². The Bertz CT molecular complexity index is 517. The van der Waals surface area contributed by atoms with Crippen molar-refractivity contribution in [2.45, 2.75) is 6.42 Å². The van der Waals surface area contributed by atoms with Crippen LogP contribution in [0.5, 0.6) is 0 Å². The molecule has 2 N–H and O–H groups in total. The van der Waals surface area contributed by atoms with Gasteiger partial charge in [-0.05, 0) is 17.7 Å². The number of likely N-dealkylation sites (N-methyl/N-ethyl adjacent to an activating group) is 1. The van der Waals surface area contributed by atoms with Gasteiger partial charge >= 0.3 is 0 Å². The number of carbonyl (C=O) groups is 1. The Hall–Kier alpha value is -2.86. The van der Waals surface area contributed by atoms with Crippen molar-refractivity contribution in [2.75, 3.05) is 12.5 Å². The third kappa shape index (κ3) is 3.95. The summed E-state index contributed by atoms with van der Waals surface area (Å²) in [6.45, 7) is 0. The number of carbonyl (C=O) groups excluding carboxylic acids is 1. The number of benzene rings is 1. The quantitative estimate of drug-likeness (QED) is 0.601. The number of nitrogens with one attached hydrogen (secondary N) is 2. The lowest BCUT2D eigenvalue weighted by Gasteiger charge is -2.03. The summed E-state index contributed by atoms with van der Waals surface area (Å²) in [4.78, 5) is 11.1. The van der Waals surface area contributed by atoms with Crippen molar-refractivity contribution in [3.05, 3.63) is 29.8 Å². The highest BCUT2D eigenvalue weighted by Crippen LogP contribution is 2.10. The smallest absolute Gasteiger partial charge is 0.237 e. The molecule has 0 bridgehead atoms. The van der Waals surface area contributed by atoms with Gasteiger partial charge in [0.15, 0.2) is 0 Å². The molecule has 6 nitrogen and oxygen atoms in total. The van der Waals surface area contributed by atoms with E-state index >= 15 is 0 Å². The molecule has 0 heterocycles. The standard InChI is InChI=1S/C12H11N5O/c1-15-12(18)6-9-2-4-10(5-3-9)16-17-11(7-13)8-14/h2-5,16H,6H2,1H3,(H,15,18). The molecule has 0 aliphatic heterocycles. The van der Waals surface area contributed by atoms with E-state index < -0.39 is 0 Å². The normalized spacial score (nSPS) is 8.61. The van der Waals surface area contributed by atoms with Crippen molar-refractivity contribution in [3.8, 4) is 12.1 Å². The molecule has 18 heavy (non-hydrogen) atoms. The second-order valence-corrected chi connectivity index (χ2v) is 3.34. The van der Waals surface area contributed by atoms with E-state index in [2.05, 4.69) is 15.8 Å². The fourth-order valence-corrected chi connectivity index (χ4v) is 1.17. The molecule has 0 fully saturated rings. The van der Waals surface area contributed by atoms with Crippen molar-refractivity contribution < 1.29 is 4.79 Å². The molecule has 1 aromatic carbocycles. The second-order valence-electron chi connectivity index (χ2n) is 3.34. The molecular formula is C12H11N5O. The van der Waals surface area contributed by atoms with E-state index in [0.717, 1.165) is 5.56 Å². The molecule has 1 rings (SSSR count). The van der Waals surface area contributed by atoms with Gasteiger partial charge in [0.05, 0.1) is 12.1 Å². The van der Waals surface area contributed by atoms with Crippen LogP contribution in [0.15, 0.2) is 29.4 Å². The molecule has 0 atom stereocenters. The summed E-state index contributed by atoms with van der Waals surface area (Å²) in [5.74, 6) is -0.0648. The summed E-state index contributed by atoms with van der Waals surface area (Å²) in [5.41, 5.74) is 3.84. The van der Waals surface area contributed by atoms with E-state index in [1.54, 1.807) is 43.5 Å². The number of nitriles is 2. The van der Waals surface area contributed by atoms with E-state index in [9.17, 15) is 4.79 Å². The van der Waals surface area contributed by atoms with Gasteiger partial charge in [0.1, 0.15) is 12.1 Å². The first kappa shape index (κ1) is 13.2. The van der Waals surface area contributed by atoms with E-state index in [4.69, 9.17) is 10.5 Å². The summed E-state index contributed by atoms with van der Waals surface area (Å²) in [6, 6.07) is 10.3. The van der Waals surface area contributed by atoms with Crippen molar-refractivity contribution >= 4 is 17.3 Å². The first-order valence-corrected chi connectivity index (χ1v) is 5.13. The second kappa shape index (κ2) is 6.66. The molecule has 90 valence electrons. The average molecular weight is 241 g/mol. The Morgan fingerprint density at radius 1 is 1.28 bits per heavy atom. The maximum Gasteiger partial charge on any atom is 0.237 e. The summed E-state index contributed by atoms with van der Waals surface area (Å²) < 4.78 is 0. The Morgan fingerprint density at radius 2 is 1.89 bits per heavy atom. The van der Waals surface area contributed by atoms with Crippen LogP contribution < -0.4 is 10.7 Å². The van der Waals surface area contributed by atoms with Crippen LogP contribution in [0.4, 0.5) is 5.69 Å². The largest absolute Gasteiger partial charge is 0.359 e. The first-order valence-electron chi connectivity index (χ1n) is 5.13. The minimum atomic E-state index is -0.246. The number of hydrogen-bond donors (Lipinski definition) is 2. The summed E-state index contributed by atoms with van der Waals surface area (Å²) in [6.07, 6.45) is 0.307. The van der Waals surface area contributed by atoms with Crippen LogP contribution in [0.25, 0.3) is 0 Å². The van der Waals surface area contributed by atoms with E-state index in [1.165, 1.54) is 0 Å². The molecule has 6 heteroatoms. The fraction of sp³-hybridized carbons (Fsp3) is 0.167. The zero-order valence-corrected chi connectivity index (χ0v) is 9.77. The Kier molecular flexibility index (Phi) is 4.89. The van der Waals surface area contributed by atoms with Crippen molar-refractivity contribution in [1.82, 2.24) is 5.32 Å². The van der Waals surface area contributed by atoms with Crippen LogP contribution in [0, 0.1) is 22.7 Å². The highest BCUT2D eigenvalue weighted by atomic mass is 16.1. The Labute approximate surface area is 105 Å². The molecule has 0 saturated heterocycles. The van der Waals surface area contributed by atoms with Crippen molar-refractivity contribution in [2.24, 2.45) is 5.10 Å². The molecule has 0 unspecified atom stereocenters. The maximum absolute atomic E-state index is 11.1. The predicted molar refractivity (Wildman–Crippen MR) is 66.5 cm³/mol. The molecule has 1 amide bonds. The number of nitrogens with zero attached hydrogens (tertiary/aromatic N) is 3. The molecule has 1 aromatic rings. The highest BCUT2D eigenvalue weighted by Gasteiger charge is 2.00. The average Bonchev–Trinajstić information content (AvgIpc) is 2.41. The van der Waals surface area contributed by atoms with Gasteiger partial charge in [-0.15, -0.1) is 0 Å². The number of hydrogen-bond acceptors (Lipinski definition) is 5. The SMILES string of the molecule is CNC(=O)Cc1ccc(NN=C(C#N)C#N)cc1. The minimum Gasteiger partial charge on any atom is -0.359 e. The van der Waals surface area contributed by atoms with Crippen LogP contribution >= 0.6 is 0 Å². The lowest BCUT2D eigenvalue weighted by atomic mass is 10.1. The number of anilines is 1. The highest BCUT2D eigenvalue weighted by molar-refractivity contribution is 6.10. The van der Waals surface area contributed by atoms with Gasteiger partial charge in [-0.3, -0.25) is 10.2 Å². The van der Waals surface area contributed by atoms with Crippen LogP contribution in [-0.4, -0.2) is 18.7 Å². The molecule has 0 saturated carbocycles. The maximum atomic E-state index is 11.1. The van der Waals surface area contributed by atoms with Gasteiger partial charge in [-0.2, -0.15) is 15.6 Å². The van der Waals surface area contributed by atoms with Gasteiger partial charge in [-0.1, -0.05) is 12.1 Å². The fourth-order valence-electron chi connectivity index (χ4n) is 1.17. The Balaban J connectivity index is 2.67. The molecular weight excluding hydrogens is 230 g/mol. The van der Waals surface area contributed by atoms with Gasteiger partial charge in [0, 0.05) is 7.05 Å². The first-order chi connectivity index (χ1) is 8.69. The van der Waals surface area contributed by atoms with Gasteiger partial charge < -0.3 is 5.32 Å². The lowest BCUT2D eigenvalue weighted by Crippen LogP contribution is -2.19. The van der Waals surface area contributed by atoms with Gasteiger partial charge in [-0.25, -0.2) is 0 Å². The van der Waals surface area contributed by atoms with Gasteiger partial charge in [0.25, 0.3) is 0 Å².